The number of carbonyl (C=O) groups excluding carboxylic acids is 3. The Balaban J connectivity index is 4.57. The number of methoxy groups -OCH3 is 1. The van der Waals surface area contributed by atoms with Gasteiger partial charge in [0, 0.05) is 0 Å². The van der Waals surface area contributed by atoms with Crippen molar-refractivity contribution in [3.05, 3.63) is 0 Å². The lowest BCUT2D eigenvalue weighted by Crippen LogP contribution is -2.52. The zero-order valence-corrected chi connectivity index (χ0v) is 13.8. The average molecular weight is 302 g/mol. The highest BCUT2D eigenvalue weighted by molar-refractivity contribution is 5.89. The maximum absolute atomic E-state index is 12.0. The molecule has 0 aliphatic rings. The fourth-order valence-electron chi connectivity index (χ4n) is 1.45. The number of rotatable bonds is 5. The molecule has 0 aromatic carbocycles. The molecule has 21 heavy (non-hydrogen) atoms. The summed E-state index contributed by atoms with van der Waals surface area (Å²) in [6.45, 7) is 10.3. The van der Waals surface area contributed by atoms with Crippen LogP contribution in [0.2, 0.25) is 0 Å². The first-order valence-corrected chi connectivity index (χ1v) is 6.85. The van der Waals surface area contributed by atoms with Crippen LogP contribution >= 0.6 is 0 Å². The molecule has 2 atom stereocenters. The standard InChI is InChI=1S/C14H26N2O5/c1-8(2)10(12(18)20-7)16-11(17)9(3)15-13(19)21-14(4,5)6/h8-10H,1-7H3,(H,15,19)(H,16,17)/t9-,10+/m1/s1. The van der Waals surface area contributed by atoms with Crippen molar-refractivity contribution in [3.8, 4) is 0 Å². The molecule has 0 bridgehead atoms. The molecule has 0 saturated heterocycles. The summed E-state index contributed by atoms with van der Waals surface area (Å²) in [6.07, 6.45) is -0.690. The lowest BCUT2D eigenvalue weighted by atomic mass is 10.0. The molecule has 0 rings (SSSR count). The second-order valence-electron chi connectivity index (χ2n) is 6.12. The maximum Gasteiger partial charge on any atom is 0.408 e. The maximum atomic E-state index is 12.0. The second-order valence-corrected chi connectivity index (χ2v) is 6.12. The van der Waals surface area contributed by atoms with Gasteiger partial charge < -0.3 is 20.1 Å². The Morgan fingerprint density at radius 2 is 1.52 bits per heavy atom. The minimum absolute atomic E-state index is 0.130. The molecular formula is C14H26N2O5. The van der Waals surface area contributed by atoms with Crippen molar-refractivity contribution in [2.75, 3.05) is 7.11 Å². The van der Waals surface area contributed by atoms with Gasteiger partial charge in [-0.05, 0) is 33.6 Å². The number of nitrogens with one attached hydrogen (secondary N) is 2. The van der Waals surface area contributed by atoms with Crippen LogP contribution in [0.15, 0.2) is 0 Å². The van der Waals surface area contributed by atoms with Gasteiger partial charge >= 0.3 is 12.1 Å². The third-order valence-electron chi connectivity index (χ3n) is 2.55. The van der Waals surface area contributed by atoms with Crippen molar-refractivity contribution in [1.29, 1.82) is 0 Å². The van der Waals surface area contributed by atoms with E-state index in [0.717, 1.165) is 0 Å². The molecule has 0 saturated carbocycles. The van der Waals surface area contributed by atoms with Gasteiger partial charge in [-0.2, -0.15) is 0 Å². The van der Waals surface area contributed by atoms with Crippen LogP contribution in [0.1, 0.15) is 41.5 Å². The van der Waals surface area contributed by atoms with Crippen LogP contribution in [-0.4, -0.2) is 42.8 Å². The Labute approximate surface area is 125 Å². The summed E-state index contributed by atoms with van der Waals surface area (Å²) in [5.74, 6) is -1.14. The van der Waals surface area contributed by atoms with Gasteiger partial charge in [0.25, 0.3) is 0 Å². The van der Waals surface area contributed by atoms with E-state index in [-0.39, 0.29) is 5.92 Å². The summed E-state index contributed by atoms with van der Waals surface area (Å²) in [5.41, 5.74) is -0.646. The molecule has 0 spiro atoms. The lowest BCUT2D eigenvalue weighted by molar-refractivity contribution is -0.146. The van der Waals surface area contributed by atoms with Crippen LogP contribution in [-0.2, 0) is 19.1 Å². The molecule has 7 heteroatoms. The number of alkyl carbamates (subject to hydrolysis) is 1. The number of hydrogen-bond acceptors (Lipinski definition) is 5. The molecule has 0 unspecified atom stereocenters. The number of ether oxygens (including phenoxy) is 2. The van der Waals surface area contributed by atoms with Gasteiger partial charge in [0.1, 0.15) is 17.7 Å². The highest BCUT2D eigenvalue weighted by Crippen LogP contribution is 2.07. The molecule has 122 valence electrons. The minimum atomic E-state index is -0.828. The summed E-state index contributed by atoms with van der Waals surface area (Å²) in [7, 11) is 1.26. The molecule has 0 fully saturated rings. The van der Waals surface area contributed by atoms with Crippen molar-refractivity contribution in [3.63, 3.8) is 0 Å². The molecule has 2 N–H and O–H groups in total. The van der Waals surface area contributed by atoms with Crippen LogP contribution in [0, 0.1) is 5.92 Å². The molecule has 2 amide bonds. The van der Waals surface area contributed by atoms with Gasteiger partial charge in [0.05, 0.1) is 7.11 Å². The molecule has 7 nitrogen and oxygen atoms in total. The second kappa shape index (κ2) is 7.85. The van der Waals surface area contributed by atoms with E-state index >= 15 is 0 Å². The summed E-state index contributed by atoms with van der Waals surface area (Å²) >= 11 is 0. The lowest BCUT2D eigenvalue weighted by Gasteiger charge is -2.24. The number of amides is 2. The van der Waals surface area contributed by atoms with E-state index in [0.29, 0.717) is 0 Å². The predicted octanol–water partition coefficient (Wildman–Crippen LogP) is 1.21. The Hall–Kier alpha value is -1.79. The van der Waals surface area contributed by atoms with E-state index in [4.69, 9.17) is 4.74 Å². The SMILES string of the molecule is COC(=O)[C@@H](NC(=O)[C@@H](C)NC(=O)OC(C)(C)C)C(C)C. The Morgan fingerprint density at radius 1 is 1.00 bits per heavy atom. The van der Waals surface area contributed by atoms with E-state index in [2.05, 4.69) is 15.4 Å². The fraction of sp³-hybridized carbons (Fsp3) is 0.786. The summed E-state index contributed by atoms with van der Waals surface area (Å²) in [5, 5.41) is 4.96. The fourth-order valence-corrected chi connectivity index (χ4v) is 1.45. The molecular weight excluding hydrogens is 276 g/mol. The summed E-state index contributed by atoms with van der Waals surface area (Å²) in [6, 6.07) is -1.59. The van der Waals surface area contributed by atoms with Crippen LogP contribution in [0.5, 0.6) is 0 Å². The van der Waals surface area contributed by atoms with Gasteiger partial charge in [-0.15, -0.1) is 0 Å². The first-order valence-electron chi connectivity index (χ1n) is 6.85. The van der Waals surface area contributed by atoms with Crippen LogP contribution < -0.4 is 10.6 Å². The van der Waals surface area contributed by atoms with E-state index in [1.165, 1.54) is 14.0 Å². The topological polar surface area (TPSA) is 93.7 Å². The third-order valence-corrected chi connectivity index (χ3v) is 2.55. The highest BCUT2D eigenvalue weighted by atomic mass is 16.6. The van der Waals surface area contributed by atoms with Crippen molar-refractivity contribution in [1.82, 2.24) is 10.6 Å². The van der Waals surface area contributed by atoms with Crippen molar-refractivity contribution in [2.24, 2.45) is 5.92 Å². The zero-order chi connectivity index (χ0) is 16.8. The van der Waals surface area contributed by atoms with Crippen LogP contribution in [0.3, 0.4) is 0 Å². The van der Waals surface area contributed by atoms with E-state index in [9.17, 15) is 14.4 Å². The quantitative estimate of drug-likeness (QED) is 0.745. The Morgan fingerprint density at radius 3 is 1.90 bits per heavy atom. The average Bonchev–Trinajstić information content (AvgIpc) is 2.31. The largest absolute Gasteiger partial charge is 0.467 e. The summed E-state index contributed by atoms with van der Waals surface area (Å²) < 4.78 is 9.69. The van der Waals surface area contributed by atoms with Crippen molar-refractivity contribution >= 4 is 18.0 Å². The predicted molar refractivity (Wildman–Crippen MR) is 77.6 cm³/mol. The van der Waals surface area contributed by atoms with Gasteiger partial charge in [-0.1, -0.05) is 13.8 Å². The zero-order valence-electron chi connectivity index (χ0n) is 13.8. The summed E-state index contributed by atoms with van der Waals surface area (Å²) in [4.78, 5) is 35.1. The number of hydrogen-bond donors (Lipinski definition) is 2. The first kappa shape index (κ1) is 19.2. The smallest absolute Gasteiger partial charge is 0.408 e. The van der Waals surface area contributed by atoms with Crippen LogP contribution in [0.4, 0.5) is 4.79 Å². The first-order chi connectivity index (χ1) is 9.47. The van der Waals surface area contributed by atoms with Crippen molar-refractivity contribution < 1.29 is 23.9 Å². The Bertz CT molecular complexity index is 387. The Kier molecular flexibility index (Phi) is 7.18. The monoisotopic (exact) mass is 302 g/mol. The van der Waals surface area contributed by atoms with Gasteiger partial charge in [0.2, 0.25) is 5.91 Å². The van der Waals surface area contributed by atoms with Crippen LogP contribution in [0.25, 0.3) is 0 Å². The van der Waals surface area contributed by atoms with Gasteiger partial charge in [0.15, 0.2) is 0 Å². The number of esters is 1. The normalized spacial score (nSPS) is 14.1. The number of carbonyl (C=O) groups is 3. The molecule has 0 radical (unpaired) electrons. The van der Waals surface area contributed by atoms with E-state index in [1.54, 1.807) is 34.6 Å². The molecule has 0 aliphatic heterocycles. The van der Waals surface area contributed by atoms with Gasteiger partial charge in [-0.3, -0.25) is 4.79 Å². The van der Waals surface area contributed by atoms with E-state index < -0.39 is 35.7 Å². The molecule has 0 aromatic heterocycles. The van der Waals surface area contributed by atoms with Crippen molar-refractivity contribution in [2.45, 2.75) is 59.2 Å². The minimum Gasteiger partial charge on any atom is -0.467 e. The molecule has 0 heterocycles. The van der Waals surface area contributed by atoms with Gasteiger partial charge in [-0.25, -0.2) is 9.59 Å². The van der Waals surface area contributed by atoms with E-state index in [1.807, 2.05) is 0 Å². The third kappa shape index (κ3) is 7.53. The molecule has 0 aliphatic carbocycles. The highest BCUT2D eigenvalue weighted by Gasteiger charge is 2.28. The molecule has 0 aromatic rings.